The summed E-state index contributed by atoms with van der Waals surface area (Å²) >= 11 is 0. The molecule has 1 aliphatic rings. The highest BCUT2D eigenvalue weighted by atomic mass is 16.5. The molecular weight excluding hydrogens is 298 g/mol. The number of carbonyl (C=O) groups is 3. The van der Waals surface area contributed by atoms with Crippen LogP contribution in [0.1, 0.15) is 36.0 Å². The average molecular weight is 319 g/mol. The lowest BCUT2D eigenvalue weighted by molar-refractivity contribution is -0.135. The summed E-state index contributed by atoms with van der Waals surface area (Å²) in [5, 5.41) is 0. The van der Waals surface area contributed by atoms with Gasteiger partial charge in [-0.2, -0.15) is 0 Å². The van der Waals surface area contributed by atoms with E-state index in [1.807, 2.05) is 0 Å². The summed E-state index contributed by atoms with van der Waals surface area (Å²) in [4.78, 5) is 37.2. The Morgan fingerprint density at radius 2 is 2.04 bits per heavy atom. The molecule has 23 heavy (non-hydrogen) atoms. The minimum atomic E-state index is -0.445. The van der Waals surface area contributed by atoms with Gasteiger partial charge in [0.05, 0.1) is 7.11 Å². The van der Waals surface area contributed by atoms with Crippen LogP contribution in [0.5, 0.6) is 5.75 Å². The molecule has 1 aliphatic heterocycles. The molecule has 1 saturated heterocycles. The third-order valence-electron chi connectivity index (χ3n) is 3.65. The highest BCUT2D eigenvalue weighted by Gasteiger charge is 2.19. The normalized spacial score (nSPS) is 14.8. The number of benzene rings is 1. The molecule has 2 rings (SSSR count). The van der Waals surface area contributed by atoms with E-state index >= 15 is 0 Å². The van der Waals surface area contributed by atoms with Crippen LogP contribution in [0.15, 0.2) is 24.3 Å². The van der Waals surface area contributed by atoms with Gasteiger partial charge in [-0.15, -0.1) is 0 Å². The average Bonchev–Trinajstić information content (AvgIpc) is 2.77. The lowest BCUT2D eigenvalue weighted by Gasteiger charge is -2.19. The smallest absolute Gasteiger partial charge is 0.269 e. The Labute approximate surface area is 135 Å². The maximum atomic E-state index is 12.0. The Morgan fingerprint density at radius 3 is 2.83 bits per heavy atom. The maximum Gasteiger partial charge on any atom is 0.269 e. The van der Waals surface area contributed by atoms with E-state index in [0.717, 1.165) is 19.3 Å². The Balaban J connectivity index is 1.83. The van der Waals surface area contributed by atoms with Crippen LogP contribution in [-0.4, -0.2) is 42.8 Å². The topological polar surface area (TPSA) is 87.7 Å². The molecule has 3 amide bonds. The van der Waals surface area contributed by atoms with Gasteiger partial charge in [0.25, 0.3) is 11.8 Å². The molecule has 7 nitrogen and oxygen atoms in total. The van der Waals surface area contributed by atoms with Gasteiger partial charge in [0, 0.05) is 18.5 Å². The Hall–Kier alpha value is -2.57. The molecule has 1 heterocycles. The highest BCUT2D eigenvalue weighted by molar-refractivity contribution is 5.96. The van der Waals surface area contributed by atoms with Crippen molar-refractivity contribution >= 4 is 17.7 Å². The number of hydrogen-bond donors (Lipinski definition) is 2. The first-order valence-corrected chi connectivity index (χ1v) is 7.61. The molecular formula is C16H21N3O4. The number of methoxy groups -OCH3 is 1. The summed E-state index contributed by atoms with van der Waals surface area (Å²) in [7, 11) is 1.51. The van der Waals surface area contributed by atoms with Crippen LogP contribution in [-0.2, 0) is 9.59 Å². The van der Waals surface area contributed by atoms with Gasteiger partial charge >= 0.3 is 0 Å². The van der Waals surface area contributed by atoms with Crippen LogP contribution >= 0.6 is 0 Å². The number of nitrogens with one attached hydrogen (secondary N) is 2. The van der Waals surface area contributed by atoms with Crippen LogP contribution < -0.4 is 15.6 Å². The first-order valence-electron chi connectivity index (χ1n) is 7.61. The molecule has 0 unspecified atom stereocenters. The number of hydrazine groups is 1. The first-order chi connectivity index (χ1) is 11.1. The minimum Gasteiger partial charge on any atom is -0.497 e. The summed E-state index contributed by atoms with van der Waals surface area (Å²) in [6.07, 6.45) is 3.23. The minimum absolute atomic E-state index is 0.0169. The standard InChI is InChI=1S/C16H21N3O4/c1-23-13-7-5-6-12(10-13)16(22)18-17-14(20)11-19-9-4-2-3-8-15(19)21/h5-7,10H,2-4,8-9,11H2,1H3,(H,17,20)(H,18,22). The number of hydrogen-bond acceptors (Lipinski definition) is 4. The van der Waals surface area contributed by atoms with Gasteiger partial charge in [0.15, 0.2) is 0 Å². The van der Waals surface area contributed by atoms with Gasteiger partial charge < -0.3 is 9.64 Å². The number of likely N-dealkylation sites (tertiary alicyclic amines) is 1. The van der Waals surface area contributed by atoms with Crippen LogP contribution in [0, 0.1) is 0 Å². The van der Waals surface area contributed by atoms with Gasteiger partial charge in [0.1, 0.15) is 12.3 Å². The third kappa shape index (κ3) is 4.98. The molecule has 1 aromatic rings. The fourth-order valence-corrected chi connectivity index (χ4v) is 2.38. The van der Waals surface area contributed by atoms with Crippen LogP contribution in [0.25, 0.3) is 0 Å². The van der Waals surface area contributed by atoms with Crippen molar-refractivity contribution in [1.82, 2.24) is 15.8 Å². The summed E-state index contributed by atoms with van der Waals surface area (Å²) in [5.74, 6) is -0.327. The second-order valence-corrected chi connectivity index (χ2v) is 5.36. The van der Waals surface area contributed by atoms with Crippen molar-refractivity contribution in [2.75, 3.05) is 20.2 Å². The maximum absolute atomic E-state index is 12.0. The fourth-order valence-electron chi connectivity index (χ4n) is 2.38. The van der Waals surface area contributed by atoms with Crippen molar-refractivity contribution in [1.29, 1.82) is 0 Å². The van der Waals surface area contributed by atoms with E-state index in [2.05, 4.69) is 10.9 Å². The summed E-state index contributed by atoms with van der Waals surface area (Å²) in [6, 6.07) is 6.59. The van der Waals surface area contributed by atoms with Crippen molar-refractivity contribution in [2.24, 2.45) is 0 Å². The molecule has 0 radical (unpaired) electrons. The fraction of sp³-hybridized carbons (Fsp3) is 0.438. The summed E-state index contributed by atoms with van der Waals surface area (Å²) in [6.45, 7) is 0.535. The third-order valence-corrected chi connectivity index (χ3v) is 3.65. The number of carbonyl (C=O) groups excluding carboxylic acids is 3. The molecule has 7 heteroatoms. The van der Waals surface area contributed by atoms with E-state index < -0.39 is 11.8 Å². The van der Waals surface area contributed by atoms with E-state index in [4.69, 9.17) is 4.74 Å². The molecule has 124 valence electrons. The first kappa shape index (κ1) is 16.8. The van der Waals surface area contributed by atoms with E-state index in [9.17, 15) is 14.4 Å². The zero-order chi connectivity index (χ0) is 16.7. The monoisotopic (exact) mass is 319 g/mol. The molecule has 2 N–H and O–H groups in total. The zero-order valence-electron chi connectivity index (χ0n) is 13.1. The van der Waals surface area contributed by atoms with Gasteiger partial charge in [0.2, 0.25) is 5.91 Å². The number of ether oxygens (including phenoxy) is 1. The molecule has 1 aromatic carbocycles. The van der Waals surface area contributed by atoms with E-state index in [-0.39, 0.29) is 12.5 Å². The van der Waals surface area contributed by atoms with E-state index in [0.29, 0.717) is 24.3 Å². The van der Waals surface area contributed by atoms with E-state index in [1.54, 1.807) is 24.3 Å². The lowest BCUT2D eigenvalue weighted by Crippen LogP contribution is -2.47. The lowest BCUT2D eigenvalue weighted by atomic mass is 10.2. The van der Waals surface area contributed by atoms with Crippen molar-refractivity contribution in [3.05, 3.63) is 29.8 Å². The quantitative estimate of drug-likeness (QED) is 0.806. The Kier molecular flexibility index (Phi) is 5.96. The highest BCUT2D eigenvalue weighted by Crippen LogP contribution is 2.12. The molecule has 0 aromatic heterocycles. The van der Waals surface area contributed by atoms with Crippen molar-refractivity contribution < 1.29 is 19.1 Å². The van der Waals surface area contributed by atoms with Crippen LogP contribution in [0.2, 0.25) is 0 Å². The van der Waals surface area contributed by atoms with Gasteiger partial charge in [-0.1, -0.05) is 12.5 Å². The van der Waals surface area contributed by atoms with Crippen LogP contribution in [0.4, 0.5) is 0 Å². The molecule has 0 spiro atoms. The van der Waals surface area contributed by atoms with Gasteiger partial charge in [-0.3, -0.25) is 25.2 Å². The Bertz CT molecular complexity index is 588. The second kappa shape index (κ2) is 8.17. The SMILES string of the molecule is COc1cccc(C(=O)NNC(=O)CN2CCCCCC2=O)c1. The largest absolute Gasteiger partial charge is 0.497 e. The molecule has 0 aliphatic carbocycles. The summed E-state index contributed by atoms with van der Waals surface area (Å²) in [5.41, 5.74) is 5.04. The zero-order valence-corrected chi connectivity index (χ0v) is 13.1. The van der Waals surface area contributed by atoms with Gasteiger partial charge in [-0.25, -0.2) is 0 Å². The summed E-state index contributed by atoms with van der Waals surface area (Å²) < 4.78 is 5.04. The molecule has 0 bridgehead atoms. The molecule has 1 fully saturated rings. The second-order valence-electron chi connectivity index (χ2n) is 5.36. The molecule has 0 atom stereocenters. The molecule has 0 saturated carbocycles. The number of rotatable bonds is 4. The Morgan fingerprint density at radius 1 is 1.22 bits per heavy atom. The van der Waals surface area contributed by atoms with Crippen molar-refractivity contribution in [3.8, 4) is 5.75 Å². The predicted octanol–water partition coefficient (Wildman–Crippen LogP) is 0.859. The number of nitrogens with zero attached hydrogens (tertiary/aromatic N) is 1. The van der Waals surface area contributed by atoms with E-state index in [1.165, 1.54) is 12.0 Å². The predicted molar refractivity (Wildman–Crippen MR) is 83.7 cm³/mol. The van der Waals surface area contributed by atoms with Crippen molar-refractivity contribution in [3.63, 3.8) is 0 Å². The van der Waals surface area contributed by atoms with Crippen LogP contribution in [0.3, 0.4) is 0 Å². The van der Waals surface area contributed by atoms with Crippen molar-refractivity contribution in [2.45, 2.75) is 25.7 Å². The number of amides is 3. The van der Waals surface area contributed by atoms with Gasteiger partial charge in [-0.05, 0) is 31.0 Å².